The molecule has 1 amide bonds. The van der Waals surface area contributed by atoms with Crippen molar-refractivity contribution in [3.05, 3.63) is 54.2 Å². The first-order valence-electron chi connectivity index (χ1n) is 10.4. The number of aryl methyl sites for hydroxylation is 1. The highest BCUT2D eigenvalue weighted by Crippen LogP contribution is 2.43. The minimum Gasteiger partial charge on any atom is -0.495 e. The molecule has 5 rings (SSSR count). The summed E-state index contributed by atoms with van der Waals surface area (Å²) < 4.78 is 11.2. The fourth-order valence-corrected chi connectivity index (χ4v) is 4.67. The van der Waals surface area contributed by atoms with Gasteiger partial charge in [0.2, 0.25) is 5.88 Å². The molecule has 0 aliphatic carbocycles. The third-order valence-corrected chi connectivity index (χ3v) is 6.14. The van der Waals surface area contributed by atoms with E-state index in [0.717, 1.165) is 24.8 Å². The van der Waals surface area contributed by atoms with Crippen LogP contribution in [0.4, 0.5) is 0 Å². The number of nitrogens with zero attached hydrogens (tertiary/aromatic N) is 6. The molecule has 0 N–H and O–H groups in total. The predicted molar refractivity (Wildman–Crippen MR) is 111 cm³/mol. The molecule has 3 aromatic rings. The first-order valence-corrected chi connectivity index (χ1v) is 10.4. The van der Waals surface area contributed by atoms with Crippen LogP contribution < -0.4 is 9.47 Å². The summed E-state index contributed by atoms with van der Waals surface area (Å²) in [6.07, 6.45) is 9.39. The Bertz CT molecular complexity index is 1070. The Balaban J connectivity index is 1.36. The second-order valence-corrected chi connectivity index (χ2v) is 8.05. The number of fused-ring (bicyclic) bond motifs is 2. The third kappa shape index (κ3) is 3.60. The van der Waals surface area contributed by atoms with Gasteiger partial charge in [-0.1, -0.05) is 6.07 Å². The maximum atomic E-state index is 13.6. The number of hydrogen-bond acceptors (Lipinski definition) is 7. The summed E-state index contributed by atoms with van der Waals surface area (Å²) >= 11 is 0. The van der Waals surface area contributed by atoms with Crippen LogP contribution in [0.1, 0.15) is 35.3 Å². The molecule has 0 aromatic carbocycles. The van der Waals surface area contributed by atoms with E-state index in [9.17, 15) is 4.79 Å². The van der Waals surface area contributed by atoms with Gasteiger partial charge in [0.05, 0.1) is 32.3 Å². The van der Waals surface area contributed by atoms with Crippen molar-refractivity contribution in [2.75, 3.05) is 13.7 Å². The van der Waals surface area contributed by atoms with Crippen LogP contribution in [0.5, 0.6) is 11.6 Å². The molecule has 3 atom stereocenters. The monoisotopic (exact) mass is 420 g/mol. The van der Waals surface area contributed by atoms with Gasteiger partial charge in [-0.2, -0.15) is 10.2 Å². The van der Waals surface area contributed by atoms with Crippen LogP contribution >= 0.6 is 0 Å². The van der Waals surface area contributed by atoms with E-state index in [-0.39, 0.29) is 23.9 Å². The SMILES string of the molecule is COc1cnc(C(=O)N2C3CCC2C(COc2ccc(C)cn2)C3)c(-n2nccn2)c1. The number of amides is 1. The van der Waals surface area contributed by atoms with Gasteiger partial charge in [0, 0.05) is 36.3 Å². The van der Waals surface area contributed by atoms with Crippen LogP contribution in [-0.2, 0) is 0 Å². The molecule has 2 fully saturated rings. The molecule has 9 heteroatoms. The molecule has 2 aliphatic heterocycles. The van der Waals surface area contributed by atoms with Gasteiger partial charge in [-0.3, -0.25) is 4.79 Å². The van der Waals surface area contributed by atoms with Gasteiger partial charge in [0.1, 0.15) is 11.4 Å². The molecule has 0 radical (unpaired) electrons. The summed E-state index contributed by atoms with van der Waals surface area (Å²) in [6, 6.07) is 5.93. The van der Waals surface area contributed by atoms with Crippen LogP contribution in [0.3, 0.4) is 0 Å². The summed E-state index contributed by atoms with van der Waals surface area (Å²) in [7, 11) is 1.56. The standard InChI is InChI=1S/C22H24N6O3/c1-14-3-6-20(23-11-14)31-13-15-9-16-4-5-18(15)27(16)22(29)21-19(28-25-7-8-26-28)10-17(30-2)12-24-21/h3,6-8,10-12,15-16,18H,4-5,9,13H2,1-2H3. The zero-order valence-corrected chi connectivity index (χ0v) is 17.5. The Morgan fingerprint density at radius 2 is 2.00 bits per heavy atom. The Morgan fingerprint density at radius 1 is 1.16 bits per heavy atom. The van der Waals surface area contributed by atoms with Crippen LogP contribution in [-0.4, -0.2) is 61.6 Å². The molecule has 31 heavy (non-hydrogen) atoms. The number of aromatic nitrogens is 5. The summed E-state index contributed by atoms with van der Waals surface area (Å²) in [4.78, 5) is 25.7. The quantitative estimate of drug-likeness (QED) is 0.604. The maximum Gasteiger partial charge on any atom is 0.275 e. The summed E-state index contributed by atoms with van der Waals surface area (Å²) in [6.45, 7) is 2.54. The molecule has 160 valence electrons. The fraction of sp³-hybridized carbons (Fsp3) is 0.409. The lowest BCUT2D eigenvalue weighted by Crippen LogP contribution is -2.38. The van der Waals surface area contributed by atoms with Gasteiger partial charge in [0.15, 0.2) is 5.69 Å². The van der Waals surface area contributed by atoms with Crippen molar-refractivity contribution in [3.8, 4) is 17.3 Å². The Kier molecular flexibility index (Phi) is 5.01. The number of ether oxygens (including phenoxy) is 2. The average molecular weight is 420 g/mol. The number of methoxy groups -OCH3 is 1. The smallest absolute Gasteiger partial charge is 0.275 e. The van der Waals surface area contributed by atoms with Crippen LogP contribution in [0.2, 0.25) is 0 Å². The topological polar surface area (TPSA) is 95.3 Å². The summed E-state index contributed by atoms with van der Waals surface area (Å²) in [5, 5.41) is 8.36. The molecule has 2 bridgehead atoms. The summed E-state index contributed by atoms with van der Waals surface area (Å²) in [5.74, 6) is 1.34. The van der Waals surface area contributed by atoms with Crippen molar-refractivity contribution in [2.24, 2.45) is 5.92 Å². The molecular formula is C22H24N6O3. The van der Waals surface area contributed by atoms with E-state index in [2.05, 4.69) is 20.2 Å². The lowest BCUT2D eigenvalue weighted by Gasteiger charge is -2.25. The van der Waals surface area contributed by atoms with E-state index in [1.807, 2.05) is 24.0 Å². The molecule has 3 aromatic heterocycles. The highest BCUT2D eigenvalue weighted by atomic mass is 16.5. The van der Waals surface area contributed by atoms with E-state index in [0.29, 0.717) is 29.6 Å². The molecule has 0 spiro atoms. The van der Waals surface area contributed by atoms with Gasteiger partial charge < -0.3 is 14.4 Å². The zero-order valence-electron chi connectivity index (χ0n) is 17.5. The van der Waals surface area contributed by atoms with Crippen molar-refractivity contribution in [1.82, 2.24) is 29.9 Å². The van der Waals surface area contributed by atoms with Crippen LogP contribution in [0.25, 0.3) is 5.69 Å². The Labute approximate surface area is 180 Å². The van der Waals surface area contributed by atoms with Gasteiger partial charge in [-0.25, -0.2) is 9.97 Å². The van der Waals surface area contributed by atoms with E-state index >= 15 is 0 Å². The van der Waals surface area contributed by atoms with Crippen LogP contribution in [0.15, 0.2) is 43.0 Å². The zero-order chi connectivity index (χ0) is 21.4. The van der Waals surface area contributed by atoms with Crippen molar-refractivity contribution >= 4 is 5.91 Å². The lowest BCUT2D eigenvalue weighted by molar-refractivity contribution is 0.0703. The first kappa shape index (κ1) is 19.5. The molecule has 5 heterocycles. The molecule has 2 aliphatic rings. The van der Waals surface area contributed by atoms with Gasteiger partial charge in [-0.05, 0) is 31.7 Å². The first-order chi connectivity index (χ1) is 15.1. The van der Waals surface area contributed by atoms with E-state index in [1.165, 1.54) is 4.80 Å². The predicted octanol–water partition coefficient (Wildman–Crippen LogP) is 2.45. The number of rotatable bonds is 6. The van der Waals surface area contributed by atoms with Gasteiger partial charge >= 0.3 is 0 Å². The van der Waals surface area contributed by atoms with E-state index in [1.54, 1.807) is 38.0 Å². The number of hydrogen-bond donors (Lipinski definition) is 0. The third-order valence-electron chi connectivity index (χ3n) is 6.14. The van der Waals surface area contributed by atoms with Crippen molar-refractivity contribution in [2.45, 2.75) is 38.3 Å². The number of carbonyl (C=O) groups excluding carboxylic acids is 1. The van der Waals surface area contributed by atoms with Gasteiger partial charge in [-0.15, -0.1) is 4.80 Å². The normalized spacial score (nSPS) is 22.0. The second-order valence-electron chi connectivity index (χ2n) is 8.05. The van der Waals surface area contributed by atoms with E-state index in [4.69, 9.17) is 9.47 Å². The molecule has 3 unspecified atom stereocenters. The molecular weight excluding hydrogens is 396 g/mol. The molecule has 0 saturated carbocycles. The maximum absolute atomic E-state index is 13.6. The largest absolute Gasteiger partial charge is 0.495 e. The van der Waals surface area contributed by atoms with Crippen molar-refractivity contribution < 1.29 is 14.3 Å². The van der Waals surface area contributed by atoms with Crippen LogP contribution in [0, 0.1) is 12.8 Å². The number of pyridine rings is 2. The highest BCUT2D eigenvalue weighted by molar-refractivity contribution is 5.96. The minimum absolute atomic E-state index is 0.0987. The average Bonchev–Trinajstić information content (AvgIpc) is 3.54. The molecule has 2 saturated heterocycles. The van der Waals surface area contributed by atoms with Crippen molar-refractivity contribution in [1.29, 1.82) is 0 Å². The summed E-state index contributed by atoms with van der Waals surface area (Å²) in [5.41, 5.74) is 1.94. The molecule has 9 nitrogen and oxygen atoms in total. The van der Waals surface area contributed by atoms with Gasteiger partial charge in [0.25, 0.3) is 5.91 Å². The fourth-order valence-electron chi connectivity index (χ4n) is 4.67. The van der Waals surface area contributed by atoms with E-state index < -0.39 is 0 Å². The lowest BCUT2D eigenvalue weighted by atomic mass is 9.90. The minimum atomic E-state index is -0.0987. The van der Waals surface area contributed by atoms with Crippen molar-refractivity contribution in [3.63, 3.8) is 0 Å². The Hall–Kier alpha value is -3.49. The number of carbonyl (C=O) groups is 1. The second kappa shape index (κ2) is 7.98. The highest BCUT2D eigenvalue weighted by Gasteiger charge is 2.49. The Morgan fingerprint density at radius 3 is 2.74 bits per heavy atom.